The van der Waals surface area contributed by atoms with E-state index in [9.17, 15) is 4.79 Å². The molecular weight excluding hydrogens is 402 g/mol. The van der Waals surface area contributed by atoms with Crippen LogP contribution in [-0.2, 0) is 4.79 Å². The molecule has 2 aromatic rings. The minimum absolute atomic E-state index is 0.0425. The molecule has 0 saturated carbocycles. The van der Waals surface area contributed by atoms with Crippen LogP contribution in [0.15, 0.2) is 47.4 Å². The second-order valence-electron chi connectivity index (χ2n) is 6.76. The molecule has 1 aliphatic heterocycles. The number of hydrogen-bond donors (Lipinski definition) is 0. The van der Waals surface area contributed by atoms with Gasteiger partial charge in [0.15, 0.2) is 0 Å². The molecule has 1 amide bonds. The topological polar surface area (TPSA) is 38.8 Å². The van der Waals surface area contributed by atoms with E-state index in [2.05, 4.69) is 26.0 Å². The fourth-order valence-electron chi connectivity index (χ4n) is 2.88. The van der Waals surface area contributed by atoms with Crippen LogP contribution in [0.1, 0.15) is 30.0 Å². The van der Waals surface area contributed by atoms with Gasteiger partial charge in [-0.05, 0) is 56.2 Å². The Morgan fingerprint density at radius 1 is 1.07 bits per heavy atom. The molecule has 0 aromatic heterocycles. The van der Waals surface area contributed by atoms with Gasteiger partial charge in [0, 0.05) is 18.5 Å². The molecule has 1 heterocycles. The van der Waals surface area contributed by atoms with Gasteiger partial charge >= 0.3 is 0 Å². The first kappa shape index (κ1) is 21.4. The Bertz CT molecular complexity index is 939. The molecule has 0 radical (unpaired) electrons. The fraction of sp³-hybridized carbons (Fsp3) is 0.304. The predicted molar refractivity (Wildman–Crippen MR) is 124 cm³/mol. The molecule has 3 rings (SSSR count). The maximum Gasteiger partial charge on any atom is 0.266 e. The molecule has 1 fully saturated rings. The molecule has 0 atom stereocenters. The number of thioether (sulfide) groups is 1. The lowest BCUT2D eigenvalue weighted by atomic mass is 10.1. The van der Waals surface area contributed by atoms with Crippen LogP contribution in [0.5, 0.6) is 11.5 Å². The second kappa shape index (κ2) is 9.94. The van der Waals surface area contributed by atoms with Crippen LogP contribution in [0.2, 0.25) is 0 Å². The Labute approximate surface area is 181 Å². The van der Waals surface area contributed by atoms with Crippen LogP contribution in [0.25, 0.3) is 6.08 Å². The van der Waals surface area contributed by atoms with Crippen molar-refractivity contribution < 1.29 is 14.3 Å². The van der Waals surface area contributed by atoms with E-state index in [1.54, 1.807) is 4.90 Å². The summed E-state index contributed by atoms with van der Waals surface area (Å²) in [6, 6.07) is 13.8. The number of ether oxygens (including phenoxy) is 2. The van der Waals surface area contributed by atoms with Crippen molar-refractivity contribution in [3.63, 3.8) is 0 Å². The van der Waals surface area contributed by atoms with Crippen molar-refractivity contribution in [2.24, 2.45) is 0 Å². The van der Waals surface area contributed by atoms with Gasteiger partial charge in [-0.2, -0.15) is 0 Å². The summed E-state index contributed by atoms with van der Waals surface area (Å²) in [5.74, 6) is 1.59. The van der Waals surface area contributed by atoms with Gasteiger partial charge in [0.2, 0.25) is 0 Å². The average Bonchev–Trinajstić information content (AvgIpc) is 2.98. The number of nitrogens with zero attached hydrogens (tertiary/aromatic N) is 1. The van der Waals surface area contributed by atoms with Crippen LogP contribution in [0.4, 0.5) is 0 Å². The molecular formula is C23H25NO3S2. The smallest absolute Gasteiger partial charge is 0.266 e. The fourth-order valence-corrected chi connectivity index (χ4v) is 4.25. The number of benzene rings is 2. The van der Waals surface area contributed by atoms with E-state index in [0.717, 1.165) is 23.5 Å². The van der Waals surface area contributed by atoms with Gasteiger partial charge in [-0.15, -0.1) is 0 Å². The highest BCUT2D eigenvalue weighted by atomic mass is 32.2. The molecule has 0 aliphatic carbocycles. The van der Waals surface area contributed by atoms with E-state index in [-0.39, 0.29) is 5.91 Å². The number of aryl methyl sites for hydroxylation is 2. The lowest BCUT2D eigenvalue weighted by Crippen LogP contribution is -2.27. The van der Waals surface area contributed by atoms with Crippen LogP contribution < -0.4 is 9.47 Å². The maximum absolute atomic E-state index is 12.4. The third kappa shape index (κ3) is 5.40. The van der Waals surface area contributed by atoms with Gasteiger partial charge in [0.05, 0.1) is 18.1 Å². The van der Waals surface area contributed by atoms with Gasteiger partial charge in [0.25, 0.3) is 5.91 Å². The van der Waals surface area contributed by atoms with Crippen molar-refractivity contribution in [2.45, 2.75) is 27.2 Å². The molecule has 1 aliphatic rings. The number of para-hydroxylation sites is 1. The van der Waals surface area contributed by atoms with Crippen molar-refractivity contribution >= 4 is 40.3 Å². The lowest BCUT2D eigenvalue weighted by molar-refractivity contribution is -0.121. The zero-order valence-corrected chi connectivity index (χ0v) is 18.6. The summed E-state index contributed by atoms with van der Waals surface area (Å²) >= 11 is 6.61. The summed E-state index contributed by atoms with van der Waals surface area (Å²) in [5, 5.41) is 0. The molecule has 1 saturated heterocycles. The summed E-state index contributed by atoms with van der Waals surface area (Å²) in [6.07, 6.45) is 2.62. The zero-order valence-electron chi connectivity index (χ0n) is 16.9. The highest BCUT2D eigenvalue weighted by Gasteiger charge is 2.30. The van der Waals surface area contributed by atoms with Gasteiger partial charge in [-0.25, -0.2) is 0 Å². The molecule has 2 aromatic carbocycles. The van der Waals surface area contributed by atoms with Crippen molar-refractivity contribution in [3.8, 4) is 11.5 Å². The predicted octanol–water partition coefficient (Wildman–Crippen LogP) is 5.37. The minimum Gasteiger partial charge on any atom is -0.493 e. The van der Waals surface area contributed by atoms with Crippen LogP contribution in [0.3, 0.4) is 0 Å². The Balaban J connectivity index is 1.56. The first-order valence-electron chi connectivity index (χ1n) is 9.67. The van der Waals surface area contributed by atoms with E-state index >= 15 is 0 Å². The molecule has 29 heavy (non-hydrogen) atoms. The summed E-state index contributed by atoms with van der Waals surface area (Å²) in [6.45, 7) is 7.79. The molecule has 0 spiro atoms. The normalized spacial score (nSPS) is 15.3. The summed E-state index contributed by atoms with van der Waals surface area (Å²) < 4.78 is 12.4. The number of likely N-dealkylation sites (N-methyl/N-ethyl adjacent to an activating group) is 1. The maximum atomic E-state index is 12.4. The third-order valence-electron chi connectivity index (χ3n) is 4.69. The van der Waals surface area contributed by atoms with Gasteiger partial charge in [0.1, 0.15) is 15.8 Å². The summed E-state index contributed by atoms with van der Waals surface area (Å²) in [5.41, 5.74) is 3.36. The third-order valence-corrected chi connectivity index (χ3v) is 6.07. The molecule has 6 heteroatoms. The SMILES string of the molecule is CCN1C(=O)C(=Cc2ccccc2OCCCOc2ccc(C)c(C)c2)SC1=S. The Kier molecular flexibility index (Phi) is 7.34. The molecule has 152 valence electrons. The van der Waals surface area contributed by atoms with Crippen molar-refractivity contribution in [1.29, 1.82) is 0 Å². The number of rotatable bonds is 8. The first-order valence-corrected chi connectivity index (χ1v) is 10.9. The minimum atomic E-state index is -0.0425. The van der Waals surface area contributed by atoms with Gasteiger partial charge in [-0.1, -0.05) is 48.2 Å². The molecule has 0 unspecified atom stereocenters. The van der Waals surface area contributed by atoms with Gasteiger partial charge < -0.3 is 9.47 Å². The Morgan fingerprint density at radius 2 is 1.83 bits per heavy atom. The van der Waals surface area contributed by atoms with Crippen molar-refractivity contribution in [1.82, 2.24) is 4.90 Å². The van der Waals surface area contributed by atoms with E-state index in [4.69, 9.17) is 21.7 Å². The summed E-state index contributed by atoms with van der Waals surface area (Å²) in [4.78, 5) is 14.7. The monoisotopic (exact) mass is 427 g/mol. The Morgan fingerprint density at radius 3 is 2.55 bits per heavy atom. The number of amides is 1. The number of carbonyl (C=O) groups excluding carboxylic acids is 1. The van der Waals surface area contributed by atoms with E-state index in [1.807, 2.05) is 43.3 Å². The quantitative estimate of drug-likeness (QED) is 0.322. The number of thiocarbonyl (C=S) groups is 1. The number of hydrogen-bond acceptors (Lipinski definition) is 5. The van der Waals surface area contributed by atoms with Gasteiger partial charge in [-0.3, -0.25) is 9.69 Å². The van der Waals surface area contributed by atoms with Crippen LogP contribution >= 0.6 is 24.0 Å². The van der Waals surface area contributed by atoms with E-state index in [0.29, 0.717) is 29.0 Å². The highest BCUT2D eigenvalue weighted by molar-refractivity contribution is 8.26. The van der Waals surface area contributed by atoms with Crippen molar-refractivity contribution in [2.75, 3.05) is 19.8 Å². The lowest BCUT2D eigenvalue weighted by Gasteiger charge is -2.11. The first-order chi connectivity index (χ1) is 14.0. The number of carbonyl (C=O) groups is 1. The molecule has 0 bridgehead atoms. The largest absolute Gasteiger partial charge is 0.493 e. The van der Waals surface area contributed by atoms with Crippen LogP contribution in [0, 0.1) is 13.8 Å². The zero-order chi connectivity index (χ0) is 20.8. The van der Waals surface area contributed by atoms with E-state index < -0.39 is 0 Å². The van der Waals surface area contributed by atoms with E-state index in [1.165, 1.54) is 22.9 Å². The standard InChI is InChI=1S/C23H25NO3S2/c1-4-24-22(25)21(29-23(24)28)15-18-8-5-6-9-20(18)27-13-7-12-26-19-11-10-16(2)17(3)14-19/h5-6,8-11,14-15H,4,7,12-13H2,1-3H3. The highest BCUT2D eigenvalue weighted by Crippen LogP contribution is 2.34. The summed E-state index contributed by atoms with van der Waals surface area (Å²) in [7, 11) is 0. The van der Waals surface area contributed by atoms with Crippen LogP contribution in [-0.4, -0.2) is 34.9 Å². The average molecular weight is 428 g/mol. The molecule has 4 nitrogen and oxygen atoms in total. The molecule has 0 N–H and O–H groups in total. The second-order valence-corrected chi connectivity index (χ2v) is 8.44. The van der Waals surface area contributed by atoms with Crippen molar-refractivity contribution in [3.05, 3.63) is 64.1 Å². The Hall–Kier alpha value is -2.31.